The molecule has 21 heavy (non-hydrogen) atoms. The first-order valence-corrected chi connectivity index (χ1v) is 7.95. The molecule has 0 radical (unpaired) electrons. The smallest absolute Gasteiger partial charge is 0.323 e. The van der Waals surface area contributed by atoms with Gasteiger partial charge in [-0.05, 0) is 48.1 Å². The van der Waals surface area contributed by atoms with Crippen molar-refractivity contribution in [1.29, 1.82) is 0 Å². The molecule has 0 atom stereocenters. The first kappa shape index (κ1) is 15.7. The summed E-state index contributed by atoms with van der Waals surface area (Å²) >= 11 is 2.26. The number of halogens is 1. The lowest BCUT2D eigenvalue weighted by Crippen LogP contribution is -2.10. The van der Waals surface area contributed by atoms with Crippen LogP contribution in [0.3, 0.4) is 0 Å². The lowest BCUT2D eigenvalue weighted by atomic mass is 10.3. The van der Waals surface area contributed by atoms with Gasteiger partial charge in [-0.1, -0.05) is 19.1 Å². The van der Waals surface area contributed by atoms with Crippen LogP contribution in [0.2, 0.25) is 0 Å². The Hall–Kier alpha value is -1.64. The number of nitrogens with zero attached hydrogens (tertiary/aromatic N) is 3. The van der Waals surface area contributed by atoms with Gasteiger partial charge in [0.05, 0.1) is 12.3 Å². The topological polar surface area (TPSA) is 72.0 Å². The molecule has 1 heterocycles. The van der Waals surface area contributed by atoms with E-state index in [9.17, 15) is 0 Å². The molecule has 0 aliphatic carbocycles. The molecular formula is C14H18IN5O. The first-order valence-electron chi connectivity index (χ1n) is 6.87. The van der Waals surface area contributed by atoms with E-state index in [0.717, 1.165) is 22.2 Å². The molecule has 2 N–H and O–H groups in total. The van der Waals surface area contributed by atoms with Crippen molar-refractivity contribution >= 4 is 40.2 Å². The van der Waals surface area contributed by atoms with Crippen LogP contribution in [0, 0.1) is 3.57 Å². The molecule has 0 amide bonds. The Balaban J connectivity index is 2.24. The quantitative estimate of drug-likeness (QED) is 0.696. The third-order valence-electron chi connectivity index (χ3n) is 2.54. The van der Waals surface area contributed by atoms with Crippen LogP contribution in [0.4, 0.5) is 17.6 Å². The predicted molar refractivity (Wildman–Crippen MR) is 92.2 cm³/mol. The highest BCUT2D eigenvalue weighted by Gasteiger charge is 2.08. The van der Waals surface area contributed by atoms with E-state index in [-0.39, 0.29) is 0 Å². The summed E-state index contributed by atoms with van der Waals surface area (Å²) < 4.78 is 6.49. The summed E-state index contributed by atoms with van der Waals surface area (Å²) in [5, 5.41) is 6.35. The zero-order valence-electron chi connectivity index (χ0n) is 12.1. The molecule has 0 bridgehead atoms. The molecule has 0 aliphatic rings. The molecular weight excluding hydrogens is 381 g/mol. The third kappa shape index (κ3) is 4.69. The van der Waals surface area contributed by atoms with Gasteiger partial charge in [0.2, 0.25) is 11.9 Å². The van der Waals surface area contributed by atoms with Crippen molar-refractivity contribution in [1.82, 2.24) is 15.0 Å². The highest BCUT2D eigenvalue weighted by atomic mass is 127. The number of anilines is 3. The maximum Gasteiger partial charge on any atom is 0.323 e. The Kier molecular flexibility index (Phi) is 5.97. The number of aromatic nitrogens is 3. The fourth-order valence-corrected chi connectivity index (χ4v) is 2.13. The Labute approximate surface area is 137 Å². The molecule has 2 rings (SSSR count). The zero-order valence-corrected chi connectivity index (χ0v) is 14.2. The summed E-state index contributed by atoms with van der Waals surface area (Å²) in [5.41, 5.74) is 0.952. The Bertz CT molecular complexity index is 593. The SMILES string of the molecule is CCCNc1nc(Nc2ccccc2I)nc(OCC)n1. The zero-order chi connectivity index (χ0) is 15.1. The second-order valence-electron chi connectivity index (χ2n) is 4.23. The van der Waals surface area contributed by atoms with Gasteiger partial charge in [0.1, 0.15) is 0 Å². The van der Waals surface area contributed by atoms with E-state index in [1.807, 2.05) is 31.2 Å². The maximum absolute atomic E-state index is 5.39. The Morgan fingerprint density at radius 1 is 1.10 bits per heavy atom. The maximum atomic E-state index is 5.39. The summed E-state index contributed by atoms with van der Waals surface area (Å²) in [6, 6.07) is 8.26. The van der Waals surface area contributed by atoms with Gasteiger partial charge in [-0.25, -0.2) is 0 Å². The molecule has 112 valence electrons. The van der Waals surface area contributed by atoms with Gasteiger partial charge in [0, 0.05) is 10.1 Å². The van der Waals surface area contributed by atoms with Crippen molar-refractivity contribution in [3.63, 3.8) is 0 Å². The molecule has 2 aromatic rings. The van der Waals surface area contributed by atoms with E-state index in [1.165, 1.54) is 0 Å². The fourth-order valence-electron chi connectivity index (χ4n) is 1.60. The van der Waals surface area contributed by atoms with Crippen LogP contribution in [0.1, 0.15) is 20.3 Å². The number of rotatable bonds is 7. The number of para-hydroxylation sites is 1. The molecule has 0 saturated carbocycles. The minimum atomic E-state index is 0.319. The van der Waals surface area contributed by atoms with Crippen LogP contribution >= 0.6 is 22.6 Å². The van der Waals surface area contributed by atoms with Crippen molar-refractivity contribution < 1.29 is 4.74 Å². The van der Waals surface area contributed by atoms with Crippen LogP contribution in [0.25, 0.3) is 0 Å². The van der Waals surface area contributed by atoms with E-state index in [2.05, 4.69) is 55.1 Å². The minimum absolute atomic E-state index is 0.319. The summed E-state index contributed by atoms with van der Waals surface area (Å²) in [5.74, 6) is 0.986. The van der Waals surface area contributed by atoms with Gasteiger partial charge in [-0.2, -0.15) is 15.0 Å². The number of hydrogen-bond donors (Lipinski definition) is 2. The molecule has 1 aromatic carbocycles. The van der Waals surface area contributed by atoms with Crippen molar-refractivity contribution in [2.45, 2.75) is 20.3 Å². The van der Waals surface area contributed by atoms with Crippen molar-refractivity contribution in [3.05, 3.63) is 27.8 Å². The summed E-state index contributed by atoms with van der Waals surface area (Å²) in [4.78, 5) is 12.9. The molecule has 1 aromatic heterocycles. The predicted octanol–water partition coefficient (Wildman–Crippen LogP) is 3.44. The minimum Gasteiger partial charge on any atom is -0.464 e. The summed E-state index contributed by atoms with van der Waals surface area (Å²) in [6.07, 6.45) is 0.995. The number of nitrogens with one attached hydrogen (secondary N) is 2. The lowest BCUT2D eigenvalue weighted by Gasteiger charge is -2.10. The average Bonchev–Trinajstić information content (AvgIpc) is 2.48. The Morgan fingerprint density at radius 2 is 1.86 bits per heavy atom. The molecule has 0 spiro atoms. The number of ether oxygens (including phenoxy) is 1. The molecule has 7 heteroatoms. The highest BCUT2D eigenvalue weighted by Crippen LogP contribution is 2.21. The van der Waals surface area contributed by atoms with Crippen LogP contribution < -0.4 is 15.4 Å². The van der Waals surface area contributed by atoms with E-state index in [4.69, 9.17) is 4.74 Å². The van der Waals surface area contributed by atoms with E-state index < -0.39 is 0 Å². The van der Waals surface area contributed by atoms with Gasteiger partial charge in [-0.15, -0.1) is 0 Å². The van der Waals surface area contributed by atoms with E-state index in [0.29, 0.717) is 24.5 Å². The van der Waals surface area contributed by atoms with Crippen LogP contribution in [-0.4, -0.2) is 28.1 Å². The molecule has 0 fully saturated rings. The van der Waals surface area contributed by atoms with E-state index >= 15 is 0 Å². The van der Waals surface area contributed by atoms with Crippen molar-refractivity contribution in [3.8, 4) is 6.01 Å². The van der Waals surface area contributed by atoms with Gasteiger partial charge >= 0.3 is 6.01 Å². The molecule has 6 nitrogen and oxygen atoms in total. The second-order valence-corrected chi connectivity index (χ2v) is 5.39. The van der Waals surface area contributed by atoms with Crippen LogP contribution in [-0.2, 0) is 0 Å². The van der Waals surface area contributed by atoms with Gasteiger partial charge < -0.3 is 15.4 Å². The second kappa shape index (κ2) is 7.96. The highest BCUT2D eigenvalue weighted by molar-refractivity contribution is 14.1. The lowest BCUT2D eigenvalue weighted by molar-refractivity contribution is 0.312. The molecule has 0 unspecified atom stereocenters. The average molecular weight is 399 g/mol. The van der Waals surface area contributed by atoms with Crippen LogP contribution in [0.15, 0.2) is 24.3 Å². The molecule has 0 aliphatic heterocycles. The normalized spacial score (nSPS) is 10.2. The van der Waals surface area contributed by atoms with Gasteiger partial charge in [-0.3, -0.25) is 0 Å². The number of benzene rings is 1. The van der Waals surface area contributed by atoms with Crippen molar-refractivity contribution in [2.24, 2.45) is 0 Å². The first-order chi connectivity index (χ1) is 10.2. The van der Waals surface area contributed by atoms with Gasteiger partial charge in [0.25, 0.3) is 0 Å². The largest absolute Gasteiger partial charge is 0.464 e. The van der Waals surface area contributed by atoms with Gasteiger partial charge in [0.15, 0.2) is 0 Å². The summed E-state index contributed by atoms with van der Waals surface area (Å²) in [7, 11) is 0. The summed E-state index contributed by atoms with van der Waals surface area (Å²) in [6.45, 7) is 5.30. The van der Waals surface area contributed by atoms with E-state index in [1.54, 1.807) is 0 Å². The fraction of sp³-hybridized carbons (Fsp3) is 0.357. The van der Waals surface area contributed by atoms with Crippen LogP contribution in [0.5, 0.6) is 6.01 Å². The standard InChI is InChI=1S/C14H18IN5O/c1-3-9-16-12-18-13(20-14(19-12)21-4-2)17-11-8-6-5-7-10(11)15/h5-8H,3-4,9H2,1-2H3,(H2,16,17,18,19,20). The monoisotopic (exact) mass is 399 g/mol. The van der Waals surface area contributed by atoms with Crippen molar-refractivity contribution in [2.75, 3.05) is 23.8 Å². The Morgan fingerprint density at radius 3 is 2.57 bits per heavy atom. The molecule has 0 saturated heterocycles. The third-order valence-corrected chi connectivity index (χ3v) is 3.48. The number of hydrogen-bond acceptors (Lipinski definition) is 6.